The lowest BCUT2D eigenvalue weighted by Crippen LogP contribution is -2.27. The highest BCUT2D eigenvalue weighted by Gasteiger charge is 2.02. The van der Waals surface area contributed by atoms with E-state index < -0.39 is 0 Å². The first-order valence-corrected chi connectivity index (χ1v) is 9.85. The van der Waals surface area contributed by atoms with Crippen LogP contribution in [0.5, 0.6) is 0 Å². The van der Waals surface area contributed by atoms with Gasteiger partial charge in [-0.1, -0.05) is 29.8 Å². The van der Waals surface area contributed by atoms with E-state index in [1.807, 2.05) is 7.05 Å². The van der Waals surface area contributed by atoms with Gasteiger partial charge in [0.1, 0.15) is 0 Å². The highest BCUT2D eigenvalue weighted by atomic mass is 16.2. The van der Waals surface area contributed by atoms with Crippen LogP contribution >= 0.6 is 0 Å². The number of amides is 2. The van der Waals surface area contributed by atoms with Crippen LogP contribution in [-0.2, 0) is 16.0 Å². The first-order chi connectivity index (χ1) is 12.6. The fraction of sp³-hybridized carbons (Fsp3) is 0.619. The smallest absolute Gasteiger partial charge is 0.221 e. The number of hydrogen-bond acceptors (Lipinski definition) is 3. The quantitative estimate of drug-likeness (QED) is 0.446. The van der Waals surface area contributed by atoms with E-state index in [1.165, 1.54) is 11.1 Å². The van der Waals surface area contributed by atoms with Crippen LogP contribution in [0.25, 0.3) is 0 Å². The summed E-state index contributed by atoms with van der Waals surface area (Å²) in [7, 11) is 1.84. The second kappa shape index (κ2) is 14.3. The minimum absolute atomic E-state index is 0.0956. The molecule has 1 rings (SSSR count). The van der Waals surface area contributed by atoms with Crippen molar-refractivity contribution < 1.29 is 9.59 Å². The van der Waals surface area contributed by atoms with Gasteiger partial charge in [0.15, 0.2) is 0 Å². The molecule has 0 atom stereocenters. The zero-order chi connectivity index (χ0) is 19.0. The molecule has 0 saturated carbocycles. The van der Waals surface area contributed by atoms with Crippen LogP contribution in [0, 0.1) is 6.92 Å². The van der Waals surface area contributed by atoms with Crippen LogP contribution in [-0.4, -0.2) is 38.5 Å². The Hall–Kier alpha value is -1.88. The van der Waals surface area contributed by atoms with Crippen LogP contribution in [0.15, 0.2) is 24.3 Å². The highest BCUT2D eigenvalue weighted by molar-refractivity contribution is 5.76. The van der Waals surface area contributed by atoms with Gasteiger partial charge in [-0.05, 0) is 58.1 Å². The summed E-state index contributed by atoms with van der Waals surface area (Å²) >= 11 is 0. The number of benzene rings is 1. The Morgan fingerprint density at radius 3 is 2.00 bits per heavy atom. The molecule has 0 bridgehead atoms. The maximum absolute atomic E-state index is 11.8. The van der Waals surface area contributed by atoms with Gasteiger partial charge >= 0.3 is 0 Å². The topological polar surface area (TPSA) is 70.2 Å². The van der Waals surface area contributed by atoms with E-state index in [1.54, 1.807) is 0 Å². The Balaban J connectivity index is 1.90. The van der Waals surface area contributed by atoms with Gasteiger partial charge < -0.3 is 16.0 Å². The number of hydrogen-bond donors (Lipinski definition) is 3. The van der Waals surface area contributed by atoms with Crippen molar-refractivity contribution >= 4 is 11.8 Å². The molecule has 5 heteroatoms. The average molecular weight is 362 g/mol. The third-order valence-electron chi connectivity index (χ3n) is 4.34. The van der Waals surface area contributed by atoms with Gasteiger partial charge in [-0.3, -0.25) is 9.59 Å². The average Bonchev–Trinajstić information content (AvgIpc) is 2.64. The third kappa shape index (κ3) is 11.6. The minimum atomic E-state index is 0.0956. The van der Waals surface area contributed by atoms with Gasteiger partial charge in [-0.15, -0.1) is 0 Å². The molecule has 0 spiro atoms. The van der Waals surface area contributed by atoms with Gasteiger partial charge in [-0.2, -0.15) is 0 Å². The van der Waals surface area contributed by atoms with Crippen molar-refractivity contribution in [3.8, 4) is 0 Å². The standard InChI is InChI=1S/C21H35N3O2/c1-18-10-12-19(13-11-18)8-4-5-9-20(25)23-15-6-3-7-16-24-21(26)14-17-22-2/h10-13,22H,3-9,14-17H2,1-2H3,(H,23,25)(H,24,26). The van der Waals surface area contributed by atoms with E-state index >= 15 is 0 Å². The van der Waals surface area contributed by atoms with Crippen LogP contribution < -0.4 is 16.0 Å². The molecule has 1 aromatic rings. The molecule has 5 nitrogen and oxygen atoms in total. The van der Waals surface area contributed by atoms with Crippen molar-refractivity contribution in [3.63, 3.8) is 0 Å². The van der Waals surface area contributed by atoms with Gasteiger partial charge in [0.05, 0.1) is 0 Å². The summed E-state index contributed by atoms with van der Waals surface area (Å²) in [6.45, 7) is 4.25. The summed E-state index contributed by atoms with van der Waals surface area (Å²) in [6, 6.07) is 8.60. The molecule has 3 N–H and O–H groups in total. The summed E-state index contributed by atoms with van der Waals surface area (Å²) in [5, 5.41) is 8.84. The van der Waals surface area contributed by atoms with Crippen molar-refractivity contribution in [1.29, 1.82) is 0 Å². The van der Waals surface area contributed by atoms with Crippen LogP contribution in [0.2, 0.25) is 0 Å². The maximum atomic E-state index is 11.8. The number of rotatable bonds is 14. The monoisotopic (exact) mass is 361 g/mol. The largest absolute Gasteiger partial charge is 0.356 e. The van der Waals surface area contributed by atoms with Crippen molar-refractivity contribution in [2.75, 3.05) is 26.7 Å². The Morgan fingerprint density at radius 2 is 1.38 bits per heavy atom. The number of carbonyl (C=O) groups is 2. The molecule has 0 aliphatic heterocycles. The van der Waals surface area contributed by atoms with Crippen LogP contribution in [0.1, 0.15) is 56.1 Å². The lowest BCUT2D eigenvalue weighted by atomic mass is 10.1. The van der Waals surface area contributed by atoms with E-state index in [9.17, 15) is 9.59 Å². The van der Waals surface area contributed by atoms with Gasteiger partial charge in [-0.25, -0.2) is 0 Å². The van der Waals surface area contributed by atoms with E-state index in [4.69, 9.17) is 0 Å². The fourth-order valence-electron chi connectivity index (χ4n) is 2.67. The number of carbonyl (C=O) groups excluding carboxylic acids is 2. The van der Waals surface area contributed by atoms with E-state index in [-0.39, 0.29) is 11.8 Å². The van der Waals surface area contributed by atoms with E-state index in [0.717, 1.165) is 51.6 Å². The SMILES string of the molecule is CNCCC(=O)NCCCCCNC(=O)CCCCc1ccc(C)cc1. The number of nitrogens with one attached hydrogen (secondary N) is 3. The summed E-state index contributed by atoms with van der Waals surface area (Å²) < 4.78 is 0. The minimum Gasteiger partial charge on any atom is -0.356 e. The Morgan fingerprint density at radius 1 is 0.769 bits per heavy atom. The normalized spacial score (nSPS) is 10.5. The van der Waals surface area contributed by atoms with Crippen LogP contribution in [0.3, 0.4) is 0 Å². The van der Waals surface area contributed by atoms with Gasteiger partial charge in [0, 0.05) is 32.5 Å². The van der Waals surface area contributed by atoms with Gasteiger partial charge in [0.2, 0.25) is 11.8 Å². The Kier molecular flexibility index (Phi) is 12.2. The molecule has 1 aromatic carbocycles. The van der Waals surface area contributed by atoms with Crippen molar-refractivity contribution in [2.45, 2.75) is 58.3 Å². The second-order valence-electron chi connectivity index (χ2n) is 6.81. The predicted molar refractivity (Wildman–Crippen MR) is 107 cm³/mol. The van der Waals surface area contributed by atoms with E-state index in [0.29, 0.717) is 19.4 Å². The molecule has 0 unspecified atom stereocenters. The molecular formula is C21H35N3O2. The molecule has 0 saturated heterocycles. The van der Waals surface area contributed by atoms with Crippen LogP contribution in [0.4, 0.5) is 0 Å². The summed E-state index contributed by atoms with van der Waals surface area (Å²) in [6.07, 6.45) is 7.07. The summed E-state index contributed by atoms with van der Waals surface area (Å²) in [5.41, 5.74) is 2.62. The molecule has 0 radical (unpaired) electrons. The zero-order valence-corrected chi connectivity index (χ0v) is 16.4. The number of aryl methyl sites for hydroxylation is 2. The number of unbranched alkanes of at least 4 members (excludes halogenated alkanes) is 3. The second-order valence-corrected chi connectivity index (χ2v) is 6.81. The first kappa shape index (κ1) is 22.2. The zero-order valence-electron chi connectivity index (χ0n) is 16.4. The van der Waals surface area contributed by atoms with Crippen molar-refractivity contribution in [1.82, 2.24) is 16.0 Å². The summed E-state index contributed by atoms with van der Waals surface area (Å²) in [4.78, 5) is 23.2. The summed E-state index contributed by atoms with van der Waals surface area (Å²) in [5.74, 6) is 0.243. The maximum Gasteiger partial charge on any atom is 0.221 e. The molecule has 0 fully saturated rings. The van der Waals surface area contributed by atoms with E-state index in [2.05, 4.69) is 47.1 Å². The molecule has 0 aromatic heterocycles. The lowest BCUT2D eigenvalue weighted by Gasteiger charge is -2.07. The molecule has 0 heterocycles. The van der Waals surface area contributed by atoms with Crippen molar-refractivity contribution in [3.05, 3.63) is 35.4 Å². The fourth-order valence-corrected chi connectivity index (χ4v) is 2.67. The Bertz CT molecular complexity index is 514. The third-order valence-corrected chi connectivity index (χ3v) is 4.34. The molecule has 146 valence electrons. The molecule has 2 amide bonds. The molecule has 0 aliphatic carbocycles. The first-order valence-electron chi connectivity index (χ1n) is 9.85. The van der Waals surface area contributed by atoms with Crippen molar-refractivity contribution in [2.24, 2.45) is 0 Å². The molecule has 26 heavy (non-hydrogen) atoms. The lowest BCUT2D eigenvalue weighted by molar-refractivity contribution is -0.121. The highest BCUT2D eigenvalue weighted by Crippen LogP contribution is 2.08. The molecular weight excluding hydrogens is 326 g/mol. The molecule has 0 aliphatic rings. The van der Waals surface area contributed by atoms with Gasteiger partial charge in [0.25, 0.3) is 0 Å². The predicted octanol–water partition coefficient (Wildman–Crippen LogP) is 2.72. The Labute approximate surface area is 158 Å².